The molecule has 0 saturated carbocycles. The van der Waals surface area contributed by atoms with Crippen molar-refractivity contribution in [2.24, 2.45) is 0 Å². The Bertz CT molecular complexity index is 696. The molecule has 1 amide bonds. The first kappa shape index (κ1) is 18.0. The summed E-state index contributed by atoms with van der Waals surface area (Å²) in [6.07, 6.45) is -4.39. The number of carbonyl (C=O) groups excluding carboxylic acids is 1. The van der Waals surface area contributed by atoms with Gasteiger partial charge in [0.15, 0.2) is 0 Å². The Morgan fingerprint density at radius 2 is 1.75 bits per heavy atom. The molecule has 0 atom stereocenters. The minimum atomic E-state index is -4.39. The van der Waals surface area contributed by atoms with Crippen LogP contribution in [-0.4, -0.2) is 35.6 Å². The number of alkyl halides is 3. The molecular weight excluding hydrogens is 319 g/mol. The van der Waals surface area contributed by atoms with Crippen molar-refractivity contribution in [1.29, 1.82) is 0 Å². The number of aliphatic hydroxyl groups excluding tert-OH is 1. The quantitative estimate of drug-likeness (QED) is 0.901. The molecule has 0 spiro atoms. The zero-order valence-corrected chi connectivity index (χ0v) is 13.2. The van der Waals surface area contributed by atoms with E-state index in [0.29, 0.717) is 23.2 Å². The second-order valence-electron chi connectivity index (χ2n) is 5.26. The molecule has 0 fully saturated rings. The number of nitrogens with zero attached hydrogens (tertiary/aromatic N) is 1. The van der Waals surface area contributed by atoms with Gasteiger partial charge in [-0.25, -0.2) is 0 Å². The molecule has 0 aliphatic rings. The van der Waals surface area contributed by atoms with Crippen LogP contribution in [0, 0.1) is 0 Å². The van der Waals surface area contributed by atoms with Crippen molar-refractivity contribution >= 4 is 5.91 Å². The van der Waals surface area contributed by atoms with Crippen molar-refractivity contribution in [3.05, 3.63) is 59.7 Å². The van der Waals surface area contributed by atoms with Gasteiger partial charge in [-0.3, -0.25) is 4.79 Å². The van der Waals surface area contributed by atoms with Crippen molar-refractivity contribution < 1.29 is 23.1 Å². The number of hydrogen-bond acceptors (Lipinski definition) is 2. The normalized spacial score (nSPS) is 11.4. The first-order valence-corrected chi connectivity index (χ1v) is 7.54. The van der Waals surface area contributed by atoms with E-state index in [1.165, 1.54) is 11.0 Å². The van der Waals surface area contributed by atoms with Crippen molar-refractivity contribution in [1.82, 2.24) is 4.90 Å². The van der Waals surface area contributed by atoms with E-state index in [-0.39, 0.29) is 19.1 Å². The molecule has 0 aliphatic heterocycles. The van der Waals surface area contributed by atoms with Crippen LogP contribution in [0.4, 0.5) is 13.2 Å². The molecule has 2 aromatic rings. The summed E-state index contributed by atoms with van der Waals surface area (Å²) in [5.41, 5.74) is 0.760. The summed E-state index contributed by atoms with van der Waals surface area (Å²) < 4.78 is 38.4. The van der Waals surface area contributed by atoms with Gasteiger partial charge in [0.25, 0.3) is 5.91 Å². The van der Waals surface area contributed by atoms with E-state index < -0.39 is 11.7 Å². The molecule has 0 radical (unpaired) electrons. The molecule has 0 unspecified atom stereocenters. The highest BCUT2D eigenvalue weighted by molar-refractivity contribution is 5.94. The molecule has 2 aromatic carbocycles. The monoisotopic (exact) mass is 337 g/mol. The first-order chi connectivity index (χ1) is 11.4. The van der Waals surface area contributed by atoms with Gasteiger partial charge in [0.1, 0.15) is 0 Å². The van der Waals surface area contributed by atoms with Gasteiger partial charge in [0, 0.05) is 18.7 Å². The number of carbonyl (C=O) groups is 1. The van der Waals surface area contributed by atoms with E-state index in [0.717, 1.165) is 12.1 Å². The highest BCUT2D eigenvalue weighted by atomic mass is 19.4. The van der Waals surface area contributed by atoms with Crippen LogP contribution in [0.25, 0.3) is 11.1 Å². The molecule has 6 heteroatoms. The molecule has 24 heavy (non-hydrogen) atoms. The number of halogens is 3. The fourth-order valence-electron chi connectivity index (χ4n) is 2.39. The van der Waals surface area contributed by atoms with Crippen LogP contribution >= 0.6 is 0 Å². The molecule has 0 heterocycles. The second kappa shape index (κ2) is 7.49. The minimum absolute atomic E-state index is 0.123. The number of hydrogen-bond donors (Lipinski definition) is 1. The molecule has 0 aliphatic carbocycles. The predicted molar refractivity (Wildman–Crippen MR) is 85.5 cm³/mol. The lowest BCUT2D eigenvalue weighted by atomic mass is 10.0. The van der Waals surface area contributed by atoms with Crippen LogP contribution in [0.2, 0.25) is 0 Å². The average Bonchev–Trinajstić information content (AvgIpc) is 2.58. The van der Waals surface area contributed by atoms with Gasteiger partial charge >= 0.3 is 6.18 Å². The third-order valence-electron chi connectivity index (χ3n) is 3.69. The Morgan fingerprint density at radius 3 is 2.29 bits per heavy atom. The maximum Gasteiger partial charge on any atom is 0.416 e. The summed E-state index contributed by atoms with van der Waals surface area (Å²) in [5, 5.41) is 8.96. The molecular formula is C18H18F3NO2. The zero-order valence-electron chi connectivity index (χ0n) is 13.2. The second-order valence-corrected chi connectivity index (χ2v) is 5.26. The fraction of sp³-hybridized carbons (Fsp3) is 0.278. The molecule has 0 bridgehead atoms. The molecule has 2 rings (SSSR count). The number of aliphatic hydroxyl groups is 1. The van der Waals surface area contributed by atoms with Gasteiger partial charge < -0.3 is 10.0 Å². The van der Waals surface area contributed by atoms with Gasteiger partial charge in [-0.1, -0.05) is 24.3 Å². The SMILES string of the molecule is CCN(CCO)C(=O)c1ccc(-c2cccc(C(F)(F)F)c2)cc1. The molecule has 0 aromatic heterocycles. The lowest BCUT2D eigenvalue weighted by Gasteiger charge is -2.19. The van der Waals surface area contributed by atoms with Crippen LogP contribution in [0.15, 0.2) is 48.5 Å². The van der Waals surface area contributed by atoms with Gasteiger partial charge in [-0.05, 0) is 42.3 Å². The third-order valence-corrected chi connectivity index (χ3v) is 3.69. The first-order valence-electron chi connectivity index (χ1n) is 7.54. The van der Waals surface area contributed by atoms with E-state index in [9.17, 15) is 18.0 Å². The smallest absolute Gasteiger partial charge is 0.395 e. The Morgan fingerprint density at radius 1 is 1.08 bits per heavy atom. The predicted octanol–water partition coefficient (Wildman–Crippen LogP) is 3.83. The maximum atomic E-state index is 12.8. The maximum absolute atomic E-state index is 12.8. The topological polar surface area (TPSA) is 40.5 Å². The van der Waals surface area contributed by atoms with Crippen molar-refractivity contribution in [2.75, 3.05) is 19.7 Å². The van der Waals surface area contributed by atoms with E-state index in [4.69, 9.17) is 5.11 Å². The van der Waals surface area contributed by atoms with Gasteiger partial charge in [0.2, 0.25) is 0 Å². The van der Waals surface area contributed by atoms with E-state index >= 15 is 0 Å². The minimum Gasteiger partial charge on any atom is -0.395 e. The van der Waals surface area contributed by atoms with Gasteiger partial charge in [-0.15, -0.1) is 0 Å². The largest absolute Gasteiger partial charge is 0.416 e. The lowest BCUT2D eigenvalue weighted by molar-refractivity contribution is -0.137. The summed E-state index contributed by atoms with van der Waals surface area (Å²) in [6.45, 7) is 2.39. The van der Waals surface area contributed by atoms with Crippen molar-refractivity contribution in [2.45, 2.75) is 13.1 Å². The Kier molecular flexibility index (Phi) is 5.62. The van der Waals surface area contributed by atoms with Crippen LogP contribution in [0.5, 0.6) is 0 Å². The third kappa shape index (κ3) is 4.14. The van der Waals surface area contributed by atoms with Crippen molar-refractivity contribution in [3.8, 4) is 11.1 Å². The number of likely N-dealkylation sites (N-methyl/N-ethyl adjacent to an activating group) is 1. The highest BCUT2D eigenvalue weighted by Crippen LogP contribution is 2.32. The Labute approximate surface area is 138 Å². The van der Waals surface area contributed by atoms with Gasteiger partial charge in [-0.2, -0.15) is 13.2 Å². The van der Waals surface area contributed by atoms with Crippen LogP contribution in [0.1, 0.15) is 22.8 Å². The van der Waals surface area contributed by atoms with Crippen LogP contribution < -0.4 is 0 Å². The highest BCUT2D eigenvalue weighted by Gasteiger charge is 2.30. The number of amides is 1. The lowest BCUT2D eigenvalue weighted by Crippen LogP contribution is -2.33. The summed E-state index contributed by atoms with van der Waals surface area (Å²) in [5.74, 6) is -0.220. The fourth-order valence-corrected chi connectivity index (χ4v) is 2.39. The summed E-state index contributed by atoms with van der Waals surface area (Å²) in [6, 6.07) is 11.5. The molecule has 1 N–H and O–H groups in total. The van der Waals surface area contributed by atoms with E-state index in [1.54, 1.807) is 30.3 Å². The Hall–Kier alpha value is -2.34. The summed E-state index contributed by atoms with van der Waals surface area (Å²) >= 11 is 0. The molecule has 0 saturated heterocycles. The molecule has 128 valence electrons. The van der Waals surface area contributed by atoms with Gasteiger partial charge in [0.05, 0.1) is 12.2 Å². The van der Waals surface area contributed by atoms with E-state index in [1.807, 2.05) is 6.92 Å². The van der Waals surface area contributed by atoms with Crippen LogP contribution in [-0.2, 0) is 6.18 Å². The van der Waals surface area contributed by atoms with E-state index in [2.05, 4.69) is 0 Å². The number of benzene rings is 2. The average molecular weight is 337 g/mol. The summed E-state index contributed by atoms with van der Waals surface area (Å²) in [7, 11) is 0. The molecule has 3 nitrogen and oxygen atoms in total. The standard InChI is InChI=1S/C18H18F3NO2/c1-2-22(10-11-23)17(24)14-8-6-13(7-9-14)15-4-3-5-16(12-15)18(19,20)21/h3-9,12,23H,2,10-11H2,1H3. The summed E-state index contributed by atoms with van der Waals surface area (Å²) in [4.78, 5) is 13.8. The number of rotatable bonds is 5. The Balaban J connectivity index is 2.25. The van der Waals surface area contributed by atoms with Crippen LogP contribution in [0.3, 0.4) is 0 Å². The zero-order chi connectivity index (χ0) is 17.7. The van der Waals surface area contributed by atoms with Crippen molar-refractivity contribution in [3.63, 3.8) is 0 Å².